The molecule has 0 saturated heterocycles. The second-order valence-corrected chi connectivity index (χ2v) is 29.9. The number of benzene rings is 12. The van der Waals surface area contributed by atoms with E-state index in [1.165, 1.54) is 249 Å². The fraction of sp³-hybridized carbons (Fsp3) is 0.347. The topological polar surface area (TPSA) is 0 Å². The Morgan fingerprint density at radius 3 is 0.624 bits per heavy atom. The normalized spacial score (nSPS) is 10.7. The third-order valence-corrected chi connectivity index (χ3v) is 23.8. The first-order valence-corrected chi connectivity index (χ1v) is 36.2. The maximum atomic E-state index is 2.32. The van der Waals surface area contributed by atoms with Crippen molar-refractivity contribution in [2.75, 3.05) is 0 Å². The van der Waals surface area contributed by atoms with Gasteiger partial charge in [0.2, 0.25) is 0 Å². The molecule has 0 aromatic heterocycles. The smallest absolute Gasteiger partial charge is 0.0120 e. The highest BCUT2D eigenvalue weighted by atomic mass is 14.2. The van der Waals surface area contributed by atoms with Crippen LogP contribution < -0.4 is 0 Å². The molecule has 0 amide bonds. The highest BCUT2D eigenvalue weighted by molar-refractivity contribution is 5.93. The third kappa shape index (κ3) is 17.8. The van der Waals surface area contributed by atoms with E-state index >= 15 is 0 Å². The number of hydrogen-bond acceptors (Lipinski definition) is 0. The van der Waals surface area contributed by atoms with E-state index in [-0.39, 0.29) is 14.9 Å². The lowest BCUT2D eigenvalue weighted by Crippen LogP contribution is -2.00. The molecule has 0 aliphatic carbocycles. The van der Waals surface area contributed by atoms with Crippen molar-refractivity contribution in [1.29, 1.82) is 0 Å². The van der Waals surface area contributed by atoms with Crippen LogP contribution in [0.5, 0.6) is 0 Å². The first kappa shape index (κ1) is 83.1. The lowest BCUT2D eigenvalue weighted by Gasteiger charge is -2.21. The highest BCUT2D eigenvalue weighted by Crippen LogP contribution is 2.40. The van der Waals surface area contributed by atoms with E-state index in [1.54, 1.807) is 0 Å². The van der Waals surface area contributed by atoms with Crippen LogP contribution in [0, 0.1) is 228 Å². The maximum Gasteiger partial charge on any atom is -0.0120 e. The predicted octanol–water partition coefficient (Wildman–Crippen LogP) is 30.0. The summed E-state index contributed by atoms with van der Waals surface area (Å²) in [6.45, 7) is 72.9. The van der Waals surface area contributed by atoms with Crippen LogP contribution in [0.25, 0.3) is 65.7 Å². The van der Waals surface area contributed by atoms with E-state index in [0.29, 0.717) is 0 Å². The highest BCUT2D eigenvalue weighted by Gasteiger charge is 2.19. The molecule has 12 rings (SSSR count). The summed E-state index contributed by atoms with van der Waals surface area (Å²) in [7, 11) is 0. The average Bonchev–Trinajstić information content (AvgIpc) is 0.785. The molecule has 12 aromatic carbocycles. The van der Waals surface area contributed by atoms with Gasteiger partial charge in [0.25, 0.3) is 0 Å². The Labute approximate surface area is 616 Å². The van der Waals surface area contributed by atoms with Gasteiger partial charge in [-0.05, 0) is 456 Å². The number of rotatable bonds is 3. The second kappa shape index (κ2) is 34.4. The molecular formula is C101H128. The molecule has 101 heavy (non-hydrogen) atoms. The Hall–Kier alpha value is -8.58. The van der Waals surface area contributed by atoms with Gasteiger partial charge < -0.3 is 0 Å². The van der Waals surface area contributed by atoms with Gasteiger partial charge in [0.1, 0.15) is 0 Å². The molecule has 0 atom stereocenters. The van der Waals surface area contributed by atoms with Crippen LogP contribution in [0.2, 0.25) is 0 Å². The summed E-state index contributed by atoms with van der Waals surface area (Å²) in [5, 5.41) is 8.37. The third-order valence-electron chi connectivity index (χ3n) is 23.8. The molecule has 0 fully saturated rings. The van der Waals surface area contributed by atoms with E-state index in [0.717, 1.165) is 0 Å². The van der Waals surface area contributed by atoms with Gasteiger partial charge in [-0.25, -0.2) is 0 Å². The zero-order valence-corrected chi connectivity index (χ0v) is 67.6. The molecule has 0 aliphatic rings. The van der Waals surface area contributed by atoms with Gasteiger partial charge in [-0.2, -0.15) is 0 Å². The van der Waals surface area contributed by atoms with Crippen molar-refractivity contribution in [3.63, 3.8) is 0 Å². The Kier molecular flexibility index (Phi) is 28.3. The number of aryl methyl sites for hydroxylation is 14. The Bertz CT molecular complexity index is 4630. The summed E-state index contributed by atoms with van der Waals surface area (Å²) in [5.41, 5.74) is 54.6. The van der Waals surface area contributed by atoms with Crippen molar-refractivity contribution < 1.29 is 0 Å². The zero-order valence-electron chi connectivity index (χ0n) is 67.6. The SMILES string of the molecule is C.C.Cc1c(C)c(C)c(C)c(C)c1C.Cc1cc2cc(C)c(C)c(C)c2c(C)c1C.Cc1cc2cc(C)c(C)cc2cc1C.Cc1ccc(-c2c(C)c(C)c(-c3ccc(C)cc3)c(C)c2C)cc1.Cc1ccc(-c2c(C)c(C)c(C)c(C)c2C)cc1.Cc1ccc2c(C)c(C)c(C)c(C)c2c1. The molecule has 0 unspecified atom stereocenters. The summed E-state index contributed by atoms with van der Waals surface area (Å²) < 4.78 is 0. The van der Waals surface area contributed by atoms with Crippen molar-refractivity contribution in [3.8, 4) is 33.4 Å². The molecule has 0 aliphatic heterocycles. The fourth-order valence-electron chi connectivity index (χ4n) is 14.6. The van der Waals surface area contributed by atoms with Crippen molar-refractivity contribution in [1.82, 2.24) is 0 Å². The first-order chi connectivity index (χ1) is 46.3. The van der Waals surface area contributed by atoms with Crippen molar-refractivity contribution in [2.24, 2.45) is 0 Å². The van der Waals surface area contributed by atoms with Crippen LogP contribution in [0.4, 0.5) is 0 Å². The predicted molar refractivity (Wildman–Crippen MR) is 457 cm³/mol. The van der Waals surface area contributed by atoms with Crippen molar-refractivity contribution in [2.45, 2.75) is 243 Å². The van der Waals surface area contributed by atoms with E-state index in [4.69, 9.17) is 0 Å². The van der Waals surface area contributed by atoms with Gasteiger partial charge in [0.15, 0.2) is 0 Å². The van der Waals surface area contributed by atoms with E-state index in [2.05, 4.69) is 356 Å². The standard InChI is InChI=1S/C24H26.C18H22.C16H20.C15H18.C14H16.C12H18.2CH4/c1-15-7-11-21(12-8-15)23-17(3)19(5)24(20(6)18(23)4)22-13-9-16(2)10-14-22;1-11-7-9-17(10-8-11)18-15(5)13(3)12(2)14(4)16(18)6;1-9-7-15-8-10(2)12(4)14(6)16(15)13(5)11(9)3;1-9-6-7-14-12(4)10(2)11(3)13(5)15(14)8-9;1-9-5-13-7-11(3)12(4)8-14(13)6-10(9)2;1-7-8(2)10(4)12(6)11(5)9(7)3;;/h7-14H,1-6H3;7-10H,1-6H3;7-8H,1-6H3;6-8H,1-5H3;5-8H,1-4H3;1-6H3;2*1H4. The molecule has 0 bridgehead atoms. The summed E-state index contributed by atoms with van der Waals surface area (Å²) >= 11 is 0. The lowest BCUT2D eigenvalue weighted by atomic mass is 9.83. The van der Waals surface area contributed by atoms with Crippen molar-refractivity contribution >= 4 is 32.3 Å². The van der Waals surface area contributed by atoms with Crippen LogP contribution >= 0.6 is 0 Å². The zero-order chi connectivity index (χ0) is 73.8. The van der Waals surface area contributed by atoms with Gasteiger partial charge in [-0.1, -0.05) is 165 Å². The molecule has 532 valence electrons. The van der Waals surface area contributed by atoms with E-state index < -0.39 is 0 Å². The number of hydrogen-bond donors (Lipinski definition) is 0. The summed E-state index contributed by atoms with van der Waals surface area (Å²) in [6, 6.07) is 47.1. The van der Waals surface area contributed by atoms with E-state index in [1.807, 2.05) is 0 Å². The maximum absolute atomic E-state index is 2.32. The van der Waals surface area contributed by atoms with E-state index in [9.17, 15) is 0 Å². The minimum absolute atomic E-state index is 0. The van der Waals surface area contributed by atoms with Gasteiger partial charge >= 0.3 is 0 Å². The van der Waals surface area contributed by atoms with Gasteiger partial charge in [-0.3, -0.25) is 0 Å². The minimum atomic E-state index is 0. The second-order valence-electron chi connectivity index (χ2n) is 29.9. The molecule has 0 spiro atoms. The first-order valence-electron chi connectivity index (χ1n) is 36.2. The summed E-state index contributed by atoms with van der Waals surface area (Å²) in [6.07, 6.45) is 0. The van der Waals surface area contributed by atoms with Crippen molar-refractivity contribution in [3.05, 3.63) is 311 Å². The van der Waals surface area contributed by atoms with Crippen LogP contribution in [0.1, 0.15) is 198 Å². The Morgan fingerprint density at radius 1 is 0.149 bits per heavy atom. The largest absolute Gasteiger partial charge is 0.0776 e. The fourth-order valence-corrected chi connectivity index (χ4v) is 14.6. The quantitative estimate of drug-likeness (QED) is 0.165. The lowest BCUT2D eigenvalue weighted by molar-refractivity contribution is 1.13. The molecule has 12 aromatic rings. The average molecular weight is 1340 g/mol. The molecule has 0 radical (unpaired) electrons. The molecule has 0 heteroatoms. The van der Waals surface area contributed by atoms with Gasteiger partial charge in [0.05, 0.1) is 0 Å². The van der Waals surface area contributed by atoms with Crippen LogP contribution in [-0.4, -0.2) is 0 Å². The molecular weight excluding hydrogens is 1210 g/mol. The van der Waals surface area contributed by atoms with Gasteiger partial charge in [-0.15, -0.1) is 0 Å². The van der Waals surface area contributed by atoms with Crippen LogP contribution in [0.3, 0.4) is 0 Å². The molecule has 0 saturated carbocycles. The Morgan fingerprint density at radius 2 is 0.356 bits per heavy atom. The minimum Gasteiger partial charge on any atom is -0.0776 e. The van der Waals surface area contributed by atoms with Gasteiger partial charge in [0, 0.05) is 0 Å². The molecule has 0 heterocycles. The summed E-state index contributed by atoms with van der Waals surface area (Å²) in [4.78, 5) is 0. The van der Waals surface area contributed by atoms with Crippen LogP contribution in [-0.2, 0) is 0 Å². The monoisotopic (exact) mass is 1340 g/mol. The summed E-state index contributed by atoms with van der Waals surface area (Å²) in [5.74, 6) is 0. The number of fused-ring (bicyclic) bond motifs is 3. The van der Waals surface area contributed by atoms with Crippen LogP contribution in [0.15, 0.2) is 127 Å². The Balaban J connectivity index is 0.000000220. The molecule has 0 nitrogen and oxygen atoms in total. The molecule has 0 N–H and O–H groups in total.